The van der Waals surface area contributed by atoms with Crippen LogP contribution in [0, 0.1) is 5.92 Å². The van der Waals surface area contributed by atoms with E-state index in [0.717, 1.165) is 12.5 Å². The van der Waals surface area contributed by atoms with E-state index in [-0.39, 0.29) is 0 Å². The molecule has 0 aliphatic carbocycles. The minimum atomic E-state index is 0.585. The molecule has 2 unspecified atom stereocenters. The molecular formula is C14H22BrN. The van der Waals surface area contributed by atoms with Crippen LogP contribution in [0.15, 0.2) is 28.7 Å². The molecule has 2 heteroatoms. The van der Waals surface area contributed by atoms with E-state index < -0.39 is 0 Å². The molecule has 1 N–H and O–H groups in total. The van der Waals surface area contributed by atoms with Crippen molar-refractivity contribution in [3.63, 3.8) is 0 Å². The van der Waals surface area contributed by atoms with Gasteiger partial charge in [0.1, 0.15) is 0 Å². The molecule has 16 heavy (non-hydrogen) atoms. The van der Waals surface area contributed by atoms with Crippen LogP contribution in [0.1, 0.15) is 39.2 Å². The lowest BCUT2D eigenvalue weighted by molar-refractivity contribution is 0.412. The van der Waals surface area contributed by atoms with Crippen molar-refractivity contribution in [1.29, 1.82) is 0 Å². The van der Waals surface area contributed by atoms with Gasteiger partial charge in [-0.25, -0.2) is 0 Å². The van der Waals surface area contributed by atoms with Crippen LogP contribution in [0.2, 0.25) is 0 Å². The molecule has 0 heterocycles. The van der Waals surface area contributed by atoms with Crippen molar-refractivity contribution in [2.24, 2.45) is 5.92 Å². The number of benzene rings is 1. The van der Waals surface area contributed by atoms with Crippen molar-refractivity contribution in [1.82, 2.24) is 5.32 Å². The summed E-state index contributed by atoms with van der Waals surface area (Å²) in [6.07, 6.45) is 2.52. The first-order valence-electron chi connectivity index (χ1n) is 6.10. The normalized spacial score (nSPS) is 14.8. The number of hydrogen-bond acceptors (Lipinski definition) is 1. The second-order valence-corrected chi connectivity index (χ2v) is 5.48. The van der Waals surface area contributed by atoms with Crippen molar-refractivity contribution in [2.75, 3.05) is 0 Å². The third-order valence-electron chi connectivity index (χ3n) is 3.05. The Morgan fingerprint density at radius 1 is 1.25 bits per heavy atom. The Labute approximate surface area is 108 Å². The van der Waals surface area contributed by atoms with E-state index in [1.807, 2.05) is 0 Å². The van der Waals surface area contributed by atoms with E-state index in [0.29, 0.717) is 6.04 Å². The number of halogens is 1. The first-order chi connectivity index (χ1) is 7.63. The summed E-state index contributed by atoms with van der Waals surface area (Å²) in [5.74, 6) is 0.807. The van der Waals surface area contributed by atoms with Gasteiger partial charge in [0.2, 0.25) is 0 Å². The van der Waals surface area contributed by atoms with Gasteiger partial charge in [-0.2, -0.15) is 0 Å². The standard InChI is InChI=1S/C14H22BrN/c1-4-11(2)9-12(3)16-10-13-7-5-6-8-14(13)15/h5-8,11-12,16H,4,9-10H2,1-3H3. The number of hydrogen-bond donors (Lipinski definition) is 1. The molecule has 0 saturated carbocycles. The smallest absolute Gasteiger partial charge is 0.0220 e. The maximum absolute atomic E-state index is 3.57. The Morgan fingerprint density at radius 3 is 2.56 bits per heavy atom. The largest absolute Gasteiger partial charge is 0.310 e. The third-order valence-corrected chi connectivity index (χ3v) is 3.83. The summed E-state index contributed by atoms with van der Waals surface area (Å²) in [7, 11) is 0. The van der Waals surface area contributed by atoms with Crippen molar-refractivity contribution < 1.29 is 0 Å². The van der Waals surface area contributed by atoms with Gasteiger partial charge in [-0.15, -0.1) is 0 Å². The maximum atomic E-state index is 3.57. The van der Waals surface area contributed by atoms with Gasteiger partial charge >= 0.3 is 0 Å². The molecule has 0 aliphatic heterocycles. The molecule has 2 atom stereocenters. The summed E-state index contributed by atoms with van der Waals surface area (Å²) >= 11 is 3.57. The van der Waals surface area contributed by atoms with E-state index >= 15 is 0 Å². The molecule has 0 saturated heterocycles. The van der Waals surface area contributed by atoms with E-state index in [2.05, 4.69) is 66.3 Å². The second kappa shape index (κ2) is 7.08. The molecular weight excluding hydrogens is 262 g/mol. The highest BCUT2D eigenvalue weighted by molar-refractivity contribution is 9.10. The van der Waals surface area contributed by atoms with E-state index in [1.165, 1.54) is 22.9 Å². The lowest BCUT2D eigenvalue weighted by Gasteiger charge is -2.18. The zero-order chi connectivity index (χ0) is 12.0. The van der Waals surface area contributed by atoms with Crippen LogP contribution in [0.25, 0.3) is 0 Å². The van der Waals surface area contributed by atoms with Crippen LogP contribution >= 0.6 is 15.9 Å². The number of rotatable bonds is 6. The molecule has 0 aromatic heterocycles. The highest BCUT2D eigenvalue weighted by Gasteiger charge is 2.07. The van der Waals surface area contributed by atoms with Gasteiger partial charge < -0.3 is 5.32 Å². The Kier molecular flexibility index (Phi) is 6.07. The molecule has 0 spiro atoms. The van der Waals surface area contributed by atoms with Crippen LogP contribution in [-0.4, -0.2) is 6.04 Å². The van der Waals surface area contributed by atoms with Crippen LogP contribution in [0.3, 0.4) is 0 Å². The molecule has 1 rings (SSSR count). The van der Waals surface area contributed by atoms with Gasteiger partial charge in [0.05, 0.1) is 0 Å². The molecule has 1 nitrogen and oxygen atoms in total. The minimum absolute atomic E-state index is 0.585. The second-order valence-electron chi connectivity index (χ2n) is 4.62. The van der Waals surface area contributed by atoms with Gasteiger partial charge in [0.15, 0.2) is 0 Å². The topological polar surface area (TPSA) is 12.0 Å². The lowest BCUT2D eigenvalue weighted by Crippen LogP contribution is -2.27. The summed E-state index contributed by atoms with van der Waals surface area (Å²) in [6, 6.07) is 8.97. The van der Waals surface area contributed by atoms with Crippen LogP contribution in [0.5, 0.6) is 0 Å². The van der Waals surface area contributed by atoms with Crippen molar-refractivity contribution >= 4 is 15.9 Å². The van der Waals surface area contributed by atoms with E-state index in [4.69, 9.17) is 0 Å². The van der Waals surface area contributed by atoms with Gasteiger partial charge in [0, 0.05) is 17.1 Å². The Hall–Kier alpha value is -0.340. The fourth-order valence-corrected chi connectivity index (χ4v) is 2.20. The van der Waals surface area contributed by atoms with Gasteiger partial charge in [-0.05, 0) is 30.9 Å². The Balaban J connectivity index is 2.37. The summed E-state index contributed by atoms with van der Waals surface area (Å²) in [5, 5.41) is 3.57. The zero-order valence-electron chi connectivity index (χ0n) is 10.5. The fourth-order valence-electron chi connectivity index (χ4n) is 1.78. The Morgan fingerprint density at radius 2 is 1.94 bits per heavy atom. The molecule has 0 bridgehead atoms. The molecule has 0 aliphatic rings. The first-order valence-corrected chi connectivity index (χ1v) is 6.89. The summed E-state index contributed by atoms with van der Waals surface area (Å²) in [6.45, 7) is 7.78. The quantitative estimate of drug-likeness (QED) is 0.818. The SMILES string of the molecule is CCC(C)CC(C)NCc1ccccc1Br. The average Bonchev–Trinajstić information content (AvgIpc) is 2.28. The number of nitrogens with one attached hydrogen (secondary N) is 1. The minimum Gasteiger partial charge on any atom is -0.310 e. The zero-order valence-corrected chi connectivity index (χ0v) is 12.0. The lowest BCUT2D eigenvalue weighted by atomic mass is 10.0. The molecule has 1 aromatic rings. The molecule has 0 amide bonds. The first kappa shape index (κ1) is 13.7. The predicted molar refractivity (Wildman–Crippen MR) is 74.5 cm³/mol. The van der Waals surface area contributed by atoms with Crippen LogP contribution < -0.4 is 5.32 Å². The molecule has 0 fully saturated rings. The van der Waals surface area contributed by atoms with Gasteiger partial charge in [-0.3, -0.25) is 0 Å². The highest BCUT2D eigenvalue weighted by Crippen LogP contribution is 2.16. The summed E-state index contributed by atoms with van der Waals surface area (Å²) < 4.78 is 1.19. The third kappa shape index (κ3) is 4.67. The Bertz CT molecular complexity index is 311. The predicted octanol–water partition coefficient (Wildman–Crippen LogP) is 4.36. The van der Waals surface area contributed by atoms with Gasteiger partial charge in [0.25, 0.3) is 0 Å². The average molecular weight is 284 g/mol. The van der Waals surface area contributed by atoms with Crippen LogP contribution in [-0.2, 0) is 6.54 Å². The monoisotopic (exact) mass is 283 g/mol. The van der Waals surface area contributed by atoms with E-state index in [1.54, 1.807) is 0 Å². The summed E-state index contributed by atoms with van der Waals surface area (Å²) in [4.78, 5) is 0. The van der Waals surface area contributed by atoms with Gasteiger partial charge in [-0.1, -0.05) is 54.4 Å². The molecule has 1 aromatic carbocycles. The van der Waals surface area contributed by atoms with E-state index in [9.17, 15) is 0 Å². The fraction of sp³-hybridized carbons (Fsp3) is 0.571. The highest BCUT2D eigenvalue weighted by atomic mass is 79.9. The van der Waals surface area contributed by atoms with Crippen molar-refractivity contribution in [3.8, 4) is 0 Å². The molecule has 0 radical (unpaired) electrons. The maximum Gasteiger partial charge on any atom is 0.0220 e. The van der Waals surface area contributed by atoms with Crippen molar-refractivity contribution in [2.45, 2.75) is 46.2 Å². The van der Waals surface area contributed by atoms with Crippen molar-refractivity contribution in [3.05, 3.63) is 34.3 Å². The molecule has 90 valence electrons. The summed E-state index contributed by atoms with van der Waals surface area (Å²) in [5.41, 5.74) is 1.33. The van der Waals surface area contributed by atoms with Crippen LogP contribution in [0.4, 0.5) is 0 Å².